The number of rotatable bonds is 0. The van der Waals surface area contributed by atoms with Crippen molar-refractivity contribution in [3.05, 3.63) is 0 Å². The summed E-state index contributed by atoms with van der Waals surface area (Å²) in [5, 5.41) is -0.0289. The average Bonchev–Trinajstić information content (AvgIpc) is 2.08. The van der Waals surface area contributed by atoms with Gasteiger partial charge in [-0.3, -0.25) is 4.79 Å². The Morgan fingerprint density at radius 2 is 2.09 bits per heavy atom. The highest BCUT2D eigenvalue weighted by Crippen LogP contribution is 2.41. The molecule has 11 heavy (non-hydrogen) atoms. The lowest BCUT2D eigenvalue weighted by Gasteiger charge is -2.14. The van der Waals surface area contributed by atoms with Crippen molar-refractivity contribution in [1.29, 1.82) is 0 Å². The minimum Gasteiger partial charge on any atom is -0.271 e. The second kappa shape index (κ2) is 3.13. The van der Waals surface area contributed by atoms with Crippen LogP contribution in [0.25, 0.3) is 0 Å². The molecule has 0 fully saturated rings. The quantitative estimate of drug-likeness (QED) is 0.600. The third kappa shape index (κ3) is 2.25. The molecule has 0 bridgehead atoms. The monoisotopic (exact) mass is 231 g/mol. The first-order valence-corrected chi connectivity index (χ1v) is 4.75. The van der Waals surface area contributed by atoms with Crippen molar-refractivity contribution < 1.29 is 4.79 Å². The van der Waals surface area contributed by atoms with Gasteiger partial charge < -0.3 is 0 Å². The normalized spacial score (nSPS) is 25.6. The van der Waals surface area contributed by atoms with Gasteiger partial charge in [0.25, 0.3) is 5.91 Å². The summed E-state index contributed by atoms with van der Waals surface area (Å²) in [4.78, 5) is 14.6. The fourth-order valence-electron chi connectivity index (χ4n) is 0.668. The van der Waals surface area contributed by atoms with Gasteiger partial charge >= 0.3 is 0 Å². The van der Waals surface area contributed by atoms with Crippen molar-refractivity contribution in [3.63, 3.8) is 0 Å². The van der Waals surface area contributed by atoms with E-state index in [0.717, 1.165) is 0 Å². The van der Waals surface area contributed by atoms with E-state index in [1.807, 2.05) is 0 Å². The second-order valence-corrected chi connectivity index (χ2v) is 5.68. The Kier molecular flexibility index (Phi) is 2.74. The van der Waals surface area contributed by atoms with Gasteiger partial charge in [0, 0.05) is 0 Å². The molecule has 0 saturated heterocycles. The lowest BCUT2D eigenvalue weighted by molar-refractivity contribution is -0.117. The molecular weight excluding hydrogens is 228 g/mol. The maximum atomic E-state index is 11.0. The Balaban J connectivity index is 2.75. The standard InChI is InChI=1S/C5H4Cl3NOS/c1-2-9-4(10)3(11-2)5(6,7)8/h3H,1H3. The zero-order chi connectivity index (χ0) is 8.65. The van der Waals surface area contributed by atoms with Gasteiger partial charge in [-0.2, -0.15) is 0 Å². The van der Waals surface area contributed by atoms with E-state index in [1.165, 1.54) is 11.8 Å². The van der Waals surface area contributed by atoms with Crippen LogP contribution in [0, 0.1) is 0 Å². The molecule has 0 aromatic heterocycles. The van der Waals surface area contributed by atoms with Crippen molar-refractivity contribution in [3.8, 4) is 0 Å². The molecule has 0 radical (unpaired) electrons. The number of alkyl halides is 3. The number of thioether (sulfide) groups is 1. The van der Waals surface area contributed by atoms with Crippen LogP contribution in [0.3, 0.4) is 0 Å². The van der Waals surface area contributed by atoms with E-state index < -0.39 is 9.04 Å². The highest BCUT2D eigenvalue weighted by molar-refractivity contribution is 8.15. The molecule has 1 heterocycles. The van der Waals surface area contributed by atoms with E-state index in [0.29, 0.717) is 5.04 Å². The molecule has 6 heteroatoms. The maximum absolute atomic E-state index is 11.0. The zero-order valence-electron chi connectivity index (χ0n) is 5.47. The van der Waals surface area contributed by atoms with Crippen molar-refractivity contribution in [1.82, 2.24) is 0 Å². The van der Waals surface area contributed by atoms with Gasteiger partial charge in [-0.25, -0.2) is 4.99 Å². The molecule has 1 amide bonds. The van der Waals surface area contributed by atoms with Gasteiger partial charge in [0.2, 0.25) is 3.79 Å². The number of hydrogen-bond acceptors (Lipinski definition) is 2. The predicted octanol–water partition coefficient (Wildman–Crippen LogP) is 2.42. The number of nitrogens with zero attached hydrogens (tertiary/aromatic N) is 1. The first-order chi connectivity index (χ1) is 4.91. The summed E-state index contributed by atoms with van der Waals surface area (Å²) in [6.07, 6.45) is 0. The average molecular weight is 233 g/mol. The topological polar surface area (TPSA) is 29.4 Å². The second-order valence-electron chi connectivity index (χ2n) is 2.01. The van der Waals surface area contributed by atoms with Crippen LogP contribution in [0.15, 0.2) is 4.99 Å². The van der Waals surface area contributed by atoms with Crippen molar-refractivity contribution in [2.45, 2.75) is 16.0 Å². The molecular formula is C5H4Cl3NOS. The summed E-state index contributed by atoms with van der Waals surface area (Å²) in [6, 6.07) is 0. The van der Waals surface area contributed by atoms with Gasteiger partial charge in [-0.1, -0.05) is 46.6 Å². The largest absolute Gasteiger partial charge is 0.271 e. The minimum absolute atomic E-state index is 0.368. The highest BCUT2D eigenvalue weighted by atomic mass is 35.6. The molecule has 62 valence electrons. The summed E-state index contributed by atoms with van der Waals surface area (Å²) >= 11 is 17.7. The van der Waals surface area contributed by atoms with E-state index in [-0.39, 0.29) is 5.91 Å². The predicted molar refractivity (Wildman–Crippen MR) is 49.8 cm³/mol. The molecule has 1 aliphatic heterocycles. The van der Waals surface area contributed by atoms with Gasteiger partial charge in [-0.15, -0.1) is 0 Å². The van der Waals surface area contributed by atoms with Crippen molar-refractivity contribution >= 4 is 57.5 Å². The molecule has 1 unspecified atom stereocenters. The van der Waals surface area contributed by atoms with E-state index in [1.54, 1.807) is 6.92 Å². The van der Waals surface area contributed by atoms with E-state index >= 15 is 0 Å². The summed E-state index contributed by atoms with van der Waals surface area (Å²) in [6.45, 7) is 1.71. The highest BCUT2D eigenvalue weighted by Gasteiger charge is 2.42. The van der Waals surface area contributed by atoms with Crippen LogP contribution >= 0.6 is 46.6 Å². The summed E-state index contributed by atoms with van der Waals surface area (Å²) in [5.74, 6) is -0.368. The van der Waals surface area contributed by atoms with Gasteiger partial charge in [0.05, 0.1) is 5.04 Å². The zero-order valence-corrected chi connectivity index (χ0v) is 8.56. The number of carbonyl (C=O) groups is 1. The lowest BCUT2D eigenvalue weighted by atomic mass is 10.4. The Morgan fingerprint density at radius 3 is 2.27 bits per heavy atom. The third-order valence-electron chi connectivity index (χ3n) is 1.08. The molecule has 0 saturated carbocycles. The van der Waals surface area contributed by atoms with E-state index in [2.05, 4.69) is 4.99 Å². The number of halogens is 3. The van der Waals surface area contributed by atoms with Gasteiger partial charge in [0.1, 0.15) is 5.25 Å². The third-order valence-corrected chi connectivity index (χ3v) is 3.34. The summed E-state index contributed by atoms with van der Waals surface area (Å²) in [5.41, 5.74) is 0. The molecule has 0 spiro atoms. The first kappa shape index (κ1) is 9.65. The van der Waals surface area contributed by atoms with Crippen LogP contribution in [-0.2, 0) is 4.79 Å². The SMILES string of the molecule is CC1=NC(=O)C(C(Cl)(Cl)Cl)S1. The molecule has 2 nitrogen and oxygen atoms in total. The Morgan fingerprint density at radius 1 is 1.55 bits per heavy atom. The van der Waals surface area contributed by atoms with Crippen LogP contribution in [0.5, 0.6) is 0 Å². The Hall–Kier alpha value is 0.560. The molecule has 1 aliphatic rings. The number of aliphatic imine (C=N–C) groups is 1. The number of carbonyl (C=O) groups excluding carboxylic acids is 1. The molecule has 1 atom stereocenters. The van der Waals surface area contributed by atoms with Crippen LogP contribution in [0.1, 0.15) is 6.92 Å². The minimum atomic E-state index is -1.55. The summed E-state index contributed by atoms with van der Waals surface area (Å²) < 4.78 is -1.55. The molecule has 0 N–H and O–H groups in total. The van der Waals surface area contributed by atoms with Crippen LogP contribution in [0.2, 0.25) is 0 Å². The molecule has 0 aromatic rings. The van der Waals surface area contributed by atoms with Crippen LogP contribution < -0.4 is 0 Å². The number of hydrogen-bond donors (Lipinski definition) is 0. The smallest absolute Gasteiger partial charge is 0.264 e. The van der Waals surface area contributed by atoms with E-state index in [4.69, 9.17) is 34.8 Å². The fourth-order valence-corrected chi connectivity index (χ4v) is 2.12. The maximum Gasteiger partial charge on any atom is 0.264 e. The lowest BCUT2D eigenvalue weighted by Crippen LogP contribution is -2.26. The van der Waals surface area contributed by atoms with Crippen LogP contribution in [-0.4, -0.2) is 20.0 Å². The molecule has 0 aromatic carbocycles. The Bertz CT molecular complexity index is 222. The number of amides is 1. The van der Waals surface area contributed by atoms with Gasteiger partial charge in [-0.05, 0) is 6.92 Å². The Labute approximate surface area is 83.3 Å². The fraction of sp³-hybridized carbons (Fsp3) is 0.600. The molecule has 1 rings (SSSR count). The van der Waals surface area contributed by atoms with Gasteiger partial charge in [0.15, 0.2) is 0 Å². The van der Waals surface area contributed by atoms with Crippen molar-refractivity contribution in [2.24, 2.45) is 4.99 Å². The van der Waals surface area contributed by atoms with Crippen molar-refractivity contribution in [2.75, 3.05) is 0 Å². The van der Waals surface area contributed by atoms with Crippen LogP contribution in [0.4, 0.5) is 0 Å². The summed E-state index contributed by atoms with van der Waals surface area (Å²) in [7, 11) is 0. The van der Waals surface area contributed by atoms with E-state index in [9.17, 15) is 4.79 Å². The first-order valence-electron chi connectivity index (χ1n) is 2.74. The molecule has 0 aliphatic carbocycles.